The zero-order valence-electron chi connectivity index (χ0n) is 21.7. The number of aliphatic hydroxyl groups excluding tert-OH is 4. The van der Waals surface area contributed by atoms with E-state index in [0.29, 0.717) is 31.7 Å². The number of aliphatic hydroxyl groups is 6. The first-order valence-corrected chi connectivity index (χ1v) is 14.2. The first kappa shape index (κ1) is 24.7. The Bertz CT molecular complexity index is 968. The Hall–Kier alpha value is -0.360. The lowest BCUT2D eigenvalue weighted by atomic mass is 9.48. The molecule has 204 valence electrons. The van der Waals surface area contributed by atoms with Crippen molar-refractivity contribution in [1.29, 1.82) is 0 Å². The molecule has 9 heteroatoms. The van der Waals surface area contributed by atoms with Gasteiger partial charge in [0.2, 0.25) is 0 Å². The summed E-state index contributed by atoms with van der Waals surface area (Å²) in [5.74, 6) is -1.37. The van der Waals surface area contributed by atoms with Crippen molar-refractivity contribution < 1.29 is 30.6 Å². The monoisotopic (exact) mass is 507 g/mol. The van der Waals surface area contributed by atoms with Crippen LogP contribution in [0, 0.1) is 40.9 Å². The molecule has 4 saturated carbocycles. The lowest BCUT2D eigenvalue weighted by Crippen LogP contribution is -2.79. The van der Waals surface area contributed by atoms with E-state index in [0.717, 1.165) is 19.4 Å². The van der Waals surface area contributed by atoms with Gasteiger partial charge in [0.25, 0.3) is 0 Å². The predicted octanol–water partition coefficient (Wildman–Crippen LogP) is -1.27. The van der Waals surface area contributed by atoms with E-state index >= 15 is 0 Å². The van der Waals surface area contributed by atoms with Crippen molar-refractivity contribution in [2.75, 3.05) is 13.1 Å². The van der Waals surface area contributed by atoms with E-state index in [2.05, 4.69) is 24.1 Å². The van der Waals surface area contributed by atoms with Crippen molar-refractivity contribution in [3.05, 3.63) is 0 Å². The highest BCUT2D eigenvalue weighted by atomic mass is 16.4. The van der Waals surface area contributed by atoms with Crippen LogP contribution in [0.25, 0.3) is 0 Å². The maximum absolute atomic E-state index is 12.0. The van der Waals surface area contributed by atoms with E-state index in [1.54, 1.807) is 0 Å². The van der Waals surface area contributed by atoms with Crippen LogP contribution in [0.15, 0.2) is 0 Å². The summed E-state index contributed by atoms with van der Waals surface area (Å²) >= 11 is 0. The molecular formula is C27H45N3O6. The van der Waals surface area contributed by atoms with Gasteiger partial charge in [-0.2, -0.15) is 0 Å². The summed E-state index contributed by atoms with van der Waals surface area (Å²) in [5.41, 5.74) is 2.09. The molecule has 1 spiro atoms. The van der Waals surface area contributed by atoms with Gasteiger partial charge >= 0.3 is 0 Å². The van der Waals surface area contributed by atoms with Crippen LogP contribution < -0.4 is 11.1 Å². The molecule has 0 aromatic rings. The molecule has 4 bridgehead atoms. The standard InChI is InChI=1S/C27H45N3O6/c1-12-4-5-17-24(3,35)19-13(11-30(17)10-12)14-9-25-21(26(14,28)22(34)20(19)33)15(31)8-16-23(25,2)7-6-18(32)27(16,36)29-25/h12-22,29,31-36H,4-11,28H2,1-3H3. The lowest BCUT2D eigenvalue weighted by Gasteiger charge is -2.64. The van der Waals surface area contributed by atoms with Gasteiger partial charge in [0.15, 0.2) is 0 Å². The number of piperidine rings is 2. The smallest absolute Gasteiger partial charge is 0.146 e. The molecule has 3 heterocycles. The molecule has 7 fully saturated rings. The molecule has 3 aliphatic heterocycles. The van der Waals surface area contributed by atoms with Gasteiger partial charge in [-0.25, -0.2) is 0 Å². The van der Waals surface area contributed by atoms with Gasteiger partial charge in [0.1, 0.15) is 5.72 Å². The topological polar surface area (TPSA) is 163 Å². The van der Waals surface area contributed by atoms with Crippen LogP contribution in [-0.4, -0.2) is 101 Å². The Balaban J connectivity index is 1.37. The highest BCUT2D eigenvalue weighted by molar-refractivity contribution is 5.37. The maximum atomic E-state index is 12.0. The summed E-state index contributed by atoms with van der Waals surface area (Å²) in [6, 6.07) is -0.0731. The van der Waals surface area contributed by atoms with Crippen LogP contribution in [0.5, 0.6) is 0 Å². The molecule has 7 aliphatic rings. The SMILES string of the molecule is CC1CCC2N(C1)CC1C(C(O)C(O)C3(N)C1CC14NC5(O)C(O)CCC1(C)C5CC(O)C34)C2(C)O. The van der Waals surface area contributed by atoms with Crippen LogP contribution in [0.4, 0.5) is 0 Å². The number of nitrogens with zero attached hydrogens (tertiary/aromatic N) is 1. The molecule has 9 N–H and O–H groups in total. The first-order chi connectivity index (χ1) is 16.7. The fourth-order valence-corrected chi connectivity index (χ4v) is 11.8. The van der Waals surface area contributed by atoms with Crippen molar-refractivity contribution in [2.45, 2.75) is 112 Å². The zero-order chi connectivity index (χ0) is 25.8. The van der Waals surface area contributed by atoms with Crippen LogP contribution >= 0.6 is 0 Å². The fourth-order valence-electron chi connectivity index (χ4n) is 11.8. The molecule has 16 atom stereocenters. The van der Waals surface area contributed by atoms with E-state index in [4.69, 9.17) is 5.73 Å². The van der Waals surface area contributed by atoms with Crippen molar-refractivity contribution in [3.8, 4) is 0 Å². The van der Waals surface area contributed by atoms with E-state index in [9.17, 15) is 30.6 Å². The number of hydrogen-bond acceptors (Lipinski definition) is 9. The normalized spacial score (nSPS) is 68.0. The summed E-state index contributed by atoms with van der Waals surface area (Å²) in [6.07, 6.45) is -0.492. The second-order valence-electron chi connectivity index (χ2n) is 14.5. The Morgan fingerprint density at radius 1 is 1.00 bits per heavy atom. The van der Waals surface area contributed by atoms with Crippen LogP contribution in [-0.2, 0) is 0 Å². The predicted molar refractivity (Wildman–Crippen MR) is 130 cm³/mol. The molecule has 16 unspecified atom stereocenters. The van der Waals surface area contributed by atoms with Crippen LogP contribution in [0.3, 0.4) is 0 Å². The highest BCUT2D eigenvalue weighted by Crippen LogP contribution is 2.74. The van der Waals surface area contributed by atoms with Crippen molar-refractivity contribution in [3.63, 3.8) is 0 Å². The average molecular weight is 508 g/mol. The molecule has 0 aromatic carbocycles. The van der Waals surface area contributed by atoms with Crippen molar-refractivity contribution in [1.82, 2.24) is 10.2 Å². The number of fused-ring (bicyclic) bond motifs is 5. The Kier molecular flexibility index (Phi) is 4.82. The van der Waals surface area contributed by atoms with Crippen molar-refractivity contribution >= 4 is 0 Å². The van der Waals surface area contributed by atoms with E-state index < -0.39 is 64.1 Å². The van der Waals surface area contributed by atoms with Crippen LogP contribution in [0.1, 0.15) is 59.3 Å². The highest BCUT2D eigenvalue weighted by Gasteiger charge is 2.84. The maximum Gasteiger partial charge on any atom is 0.146 e. The summed E-state index contributed by atoms with van der Waals surface area (Å²) in [4.78, 5) is 2.37. The fraction of sp³-hybridized carbons (Fsp3) is 1.00. The second kappa shape index (κ2) is 7.04. The Labute approximate surface area is 213 Å². The van der Waals surface area contributed by atoms with Crippen molar-refractivity contribution in [2.24, 2.45) is 46.7 Å². The van der Waals surface area contributed by atoms with Gasteiger partial charge in [0, 0.05) is 42.4 Å². The second-order valence-corrected chi connectivity index (χ2v) is 14.5. The molecule has 9 nitrogen and oxygen atoms in total. The number of rotatable bonds is 0. The van der Waals surface area contributed by atoms with Gasteiger partial charge in [-0.05, 0) is 68.6 Å². The summed E-state index contributed by atoms with van der Waals surface area (Å²) in [5, 5.41) is 73.1. The Morgan fingerprint density at radius 2 is 1.72 bits per heavy atom. The molecular weight excluding hydrogens is 462 g/mol. The summed E-state index contributed by atoms with van der Waals surface area (Å²) in [6.45, 7) is 7.78. The number of nitrogens with two attached hydrogens (primary N) is 1. The third kappa shape index (κ3) is 2.46. The van der Waals surface area contributed by atoms with Gasteiger partial charge in [-0.15, -0.1) is 0 Å². The number of hydrogen-bond donors (Lipinski definition) is 8. The van der Waals surface area contributed by atoms with Gasteiger partial charge in [0.05, 0.1) is 35.6 Å². The molecule has 0 radical (unpaired) electrons. The largest absolute Gasteiger partial charge is 0.393 e. The minimum Gasteiger partial charge on any atom is -0.393 e. The molecule has 4 aliphatic carbocycles. The quantitative estimate of drug-likeness (QED) is 0.200. The first-order valence-electron chi connectivity index (χ1n) is 14.2. The van der Waals surface area contributed by atoms with E-state index in [1.807, 2.05) is 6.92 Å². The van der Waals surface area contributed by atoms with Gasteiger partial charge in [-0.3, -0.25) is 10.2 Å². The molecule has 0 aromatic heterocycles. The minimum atomic E-state index is -1.51. The zero-order valence-corrected chi connectivity index (χ0v) is 21.7. The number of nitrogens with one attached hydrogen (secondary N) is 1. The molecule has 3 saturated heterocycles. The average Bonchev–Trinajstić information content (AvgIpc) is 3.08. The van der Waals surface area contributed by atoms with E-state index in [1.165, 1.54) is 0 Å². The minimum absolute atomic E-state index is 0.0731. The summed E-state index contributed by atoms with van der Waals surface area (Å²) < 4.78 is 0. The third-order valence-corrected chi connectivity index (χ3v) is 13.2. The summed E-state index contributed by atoms with van der Waals surface area (Å²) in [7, 11) is 0. The molecule has 7 rings (SSSR count). The Morgan fingerprint density at radius 3 is 2.44 bits per heavy atom. The van der Waals surface area contributed by atoms with Gasteiger partial charge < -0.3 is 36.4 Å². The molecule has 36 heavy (non-hydrogen) atoms. The van der Waals surface area contributed by atoms with E-state index in [-0.39, 0.29) is 30.2 Å². The lowest BCUT2D eigenvalue weighted by molar-refractivity contribution is -0.244. The van der Waals surface area contributed by atoms with Gasteiger partial charge in [-0.1, -0.05) is 13.8 Å². The third-order valence-electron chi connectivity index (χ3n) is 13.2. The molecule has 0 amide bonds. The van der Waals surface area contributed by atoms with Crippen LogP contribution in [0.2, 0.25) is 0 Å².